The van der Waals surface area contributed by atoms with Crippen LogP contribution < -0.4 is 5.32 Å². The van der Waals surface area contributed by atoms with Crippen molar-refractivity contribution in [3.8, 4) is 0 Å². The summed E-state index contributed by atoms with van der Waals surface area (Å²) in [6.45, 7) is 10.3. The number of nitrogens with zero attached hydrogens (tertiary/aromatic N) is 2. The van der Waals surface area contributed by atoms with Gasteiger partial charge in [0.1, 0.15) is 0 Å². The van der Waals surface area contributed by atoms with Crippen molar-refractivity contribution in [2.45, 2.75) is 51.3 Å². The van der Waals surface area contributed by atoms with Crippen LogP contribution in [0.1, 0.15) is 47.3 Å². The molecule has 1 atom stereocenters. The topological polar surface area (TPSA) is 81.2 Å². The number of thioether (sulfide) groups is 1. The first-order valence-electron chi connectivity index (χ1n) is 11.2. The number of carbonyl (C=O) groups is 2. The van der Waals surface area contributed by atoms with Gasteiger partial charge in [0, 0.05) is 5.39 Å². The van der Waals surface area contributed by atoms with Crippen molar-refractivity contribution in [3.63, 3.8) is 0 Å². The summed E-state index contributed by atoms with van der Waals surface area (Å²) in [6.07, 6.45) is 0.653. The smallest absolute Gasteiger partial charge is 0.338 e. The van der Waals surface area contributed by atoms with Crippen molar-refractivity contribution < 1.29 is 14.3 Å². The Labute approximate surface area is 207 Å². The molecule has 176 valence electrons. The lowest BCUT2D eigenvalue weighted by Crippen LogP contribution is -2.24. The summed E-state index contributed by atoms with van der Waals surface area (Å²) in [6, 6.07) is 11.5. The van der Waals surface area contributed by atoms with E-state index in [0.717, 1.165) is 37.3 Å². The van der Waals surface area contributed by atoms with Gasteiger partial charge in [0.15, 0.2) is 5.13 Å². The minimum Gasteiger partial charge on any atom is -0.462 e. The maximum absolute atomic E-state index is 13.1. The fourth-order valence-electron chi connectivity index (χ4n) is 3.85. The molecule has 1 amide bonds. The Kier molecular flexibility index (Phi) is 7.19. The first-order valence-corrected chi connectivity index (χ1v) is 12.9. The van der Waals surface area contributed by atoms with Gasteiger partial charge in [0.25, 0.3) is 0 Å². The van der Waals surface area contributed by atoms with Crippen LogP contribution in [0, 0.1) is 20.8 Å². The van der Waals surface area contributed by atoms with E-state index in [1.807, 2.05) is 6.92 Å². The lowest BCUT2D eigenvalue weighted by molar-refractivity contribution is -0.115. The summed E-state index contributed by atoms with van der Waals surface area (Å²) in [5.74, 6) is -0.480. The van der Waals surface area contributed by atoms with E-state index in [4.69, 9.17) is 9.72 Å². The number of aromatic nitrogens is 2. The molecule has 0 aliphatic carbocycles. The van der Waals surface area contributed by atoms with Gasteiger partial charge >= 0.3 is 5.97 Å². The molecule has 0 bridgehead atoms. The van der Waals surface area contributed by atoms with Gasteiger partial charge in [-0.3, -0.25) is 4.79 Å². The van der Waals surface area contributed by atoms with Crippen LogP contribution in [0.3, 0.4) is 0 Å². The van der Waals surface area contributed by atoms with Crippen molar-refractivity contribution in [2.75, 3.05) is 11.9 Å². The zero-order chi connectivity index (χ0) is 24.4. The highest BCUT2D eigenvalue weighted by Crippen LogP contribution is 2.32. The first kappa shape index (κ1) is 24.2. The van der Waals surface area contributed by atoms with Crippen molar-refractivity contribution in [3.05, 3.63) is 58.7 Å². The van der Waals surface area contributed by atoms with Gasteiger partial charge in [0.05, 0.1) is 38.2 Å². The number of nitrogens with one attached hydrogen (secondary N) is 1. The van der Waals surface area contributed by atoms with Crippen LogP contribution in [0.15, 0.2) is 41.4 Å². The molecule has 0 radical (unpaired) electrons. The molecule has 0 fully saturated rings. The lowest BCUT2D eigenvalue weighted by Gasteiger charge is -2.15. The Hall–Kier alpha value is -2.97. The Bertz CT molecular complexity index is 1400. The molecule has 8 heteroatoms. The van der Waals surface area contributed by atoms with E-state index >= 15 is 0 Å². The molecule has 6 nitrogen and oxygen atoms in total. The Morgan fingerprint density at radius 3 is 2.59 bits per heavy atom. The number of ether oxygens (including phenoxy) is 1. The molecule has 0 saturated heterocycles. The number of amides is 1. The number of fused-ring (bicyclic) bond motifs is 2. The Balaban J connectivity index is 1.53. The van der Waals surface area contributed by atoms with E-state index in [0.29, 0.717) is 23.7 Å². The van der Waals surface area contributed by atoms with Gasteiger partial charge in [0.2, 0.25) is 5.91 Å². The molecule has 2 heterocycles. The summed E-state index contributed by atoms with van der Waals surface area (Å²) in [4.78, 5) is 34.4. The number of aryl methyl sites for hydroxylation is 3. The van der Waals surface area contributed by atoms with Crippen LogP contribution in [0.4, 0.5) is 5.13 Å². The molecule has 1 unspecified atom stereocenters. The second-order valence-corrected chi connectivity index (χ2v) is 10.4. The maximum atomic E-state index is 13.1. The van der Waals surface area contributed by atoms with Crippen molar-refractivity contribution in [1.29, 1.82) is 0 Å². The van der Waals surface area contributed by atoms with Gasteiger partial charge in [-0.25, -0.2) is 14.8 Å². The summed E-state index contributed by atoms with van der Waals surface area (Å²) in [5, 5.41) is 5.14. The van der Waals surface area contributed by atoms with Gasteiger partial charge in [-0.15, -0.1) is 0 Å². The van der Waals surface area contributed by atoms with E-state index in [2.05, 4.69) is 49.3 Å². The lowest BCUT2D eigenvalue weighted by atomic mass is 10.0. The number of hydrogen-bond donors (Lipinski definition) is 1. The third-order valence-corrected chi connectivity index (χ3v) is 7.70. The van der Waals surface area contributed by atoms with Crippen LogP contribution in [0.2, 0.25) is 0 Å². The second-order valence-electron chi connectivity index (χ2n) is 8.18. The number of rotatable bonds is 7. The molecule has 0 spiro atoms. The van der Waals surface area contributed by atoms with E-state index in [9.17, 15) is 9.59 Å². The van der Waals surface area contributed by atoms with Crippen molar-refractivity contribution >= 4 is 61.2 Å². The molecule has 2 aromatic heterocycles. The molecule has 2 aromatic carbocycles. The third kappa shape index (κ3) is 5.08. The summed E-state index contributed by atoms with van der Waals surface area (Å²) < 4.78 is 5.88. The molecule has 0 aliphatic heterocycles. The number of esters is 1. The van der Waals surface area contributed by atoms with E-state index < -0.39 is 0 Å². The number of thiazole rings is 1. The number of benzene rings is 2. The Morgan fingerprint density at radius 2 is 1.85 bits per heavy atom. The predicted octanol–water partition coefficient (Wildman–Crippen LogP) is 6.46. The van der Waals surface area contributed by atoms with Gasteiger partial charge in [-0.2, -0.15) is 0 Å². The number of pyridine rings is 1. The molecule has 34 heavy (non-hydrogen) atoms. The molecule has 0 saturated carbocycles. The quantitative estimate of drug-likeness (QED) is 0.235. The Morgan fingerprint density at radius 1 is 1.06 bits per heavy atom. The molecule has 0 aliphatic rings. The van der Waals surface area contributed by atoms with Crippen LogP contribution in [-0.4, -0.2) is 33.7 Å². The minimum absolute atomic E-state index is 0.114. The average Bonchev–Trinajstić information content (AvgIpc) is 3.19. The van der Waals surface area contributed by atoms with Crippen LogP contribution >= 0.6 is 23.1 Å². The average molecular weight is 494 g/mol. The fourth-order valence-corrected chi connectivity index (χ4v) is 5.77. The summed E-state index contributed by atoms with van der Waals surface area (Å²) in [5.41, 5.74) is 5.68. The highest BCUT2D eigenvalue weighted by Gasteiger charge is 2.21. The van der Waals surface area contributed by atoms with Gasteiger partial charge in [-0.1, -0.05) is 41.7 Å². The SMILES string of the molecule is CCOC(=O)c1ccc2nc(NC(=O)C(CC)Sc3cc(C)c4cc(C)cc(C)c4n3)sc2c1. The van der Waals surface area contributed by atoms with E-state index in [-0.39, 0.29) is 17.1 Å². The summed E-state index contributed by atoms with van der Waals surface area (Å²) >= 11 is 2.81. The largest absolute Gasteiger partial charge is 0.462 e. The third-order valence-electron chi connectivity index (χ3n) is 5.49. The van der Waals surface area contributed by atoms with E-state index in [1.54, 1.807) is 25.1 Å². The van der Waals surface area contributed by atoms with E-state index in [1.165, 1.54) is 28.7 Å². The second kappa shape index (κ2) is 10.1. The van der Waals surface area contributed by atoms with Crippen molar-refractivity contribution in [2.24, 2.45) is 0 Å². The zero-order valence-electron chi connectivity index (χ0n) is 19.9. The minimum atomic E-state index is -0.366. The molecular formula is C26H27N3O3S2. The van der Waals surface area contributed by atoms with Crippen LogP contribution in [0.25, 0.3) is 21.1 Å². The molecule has 1 N–H and O–H groups in total. The number of hydrogen-bond acceptors (Lipinski definition) is 7. The molecule has 4 rings (SSSR count). The maximum Gasteiger partial charge on any atom is 0.338 e. The normalized spacial score (nSPS) is 12.1. The number of anilines is 1. The monoisotopic (exact) mass is 493 g/mol. The van der Waals surface area contributed by atoms with Crippen molar-refractivity contribution in [1.82, 2.24) is 9.97 Å². The van der Waals surface area contributed by atoms with Crippen LogP contribution in [0.5, 0.6) is 0 Å². The molecule has 4 aromatic rings. The number of carbonyl (C=O) groups excluding carboxylic acids is 2. The highest BCUT2D eigenvalue weighted by atomic mass is 32.2. The predicted molar refractivity (Wildman–Crippen MR) is 140 cm³/mol. The molecular weight excluding hydrogens is 466 g/mol. The van der Waals surface area contributed by atoms with Gasteiger partial charge in [-0.05, 0) is 75.6 Å². The summed E-state index contributed by atoms with van der Waals surface area (Å²) in [7, 11) is 0. The first-order chi connectivity index (χ1) is 16.3. The standard InChI is InChI=1S/C26H27N3O3S2/c1-6-20(33-22-12-15(4)18-11-14(3)10-16(5)23(18)28-22)24(30)29-26-27-19-9-8-17(13-21(19)34-26)25(31)32-7-2/h8-13,20H,6-7H2,1-5H3,(H,27,29,30). The zero-order valence-corrected chi connectivity index (χ0v) is 21.5. The van der Waals surface area contributed by atoms with Gasteiger partial charge < -0.3 is 10.1 Å². The fraction of sp³-hybridized carbons (Fsp3) is 0.308. The van der Waals surface area contributed by atoms with Crippen LogP contribution in [-0.2, 0) is 9.53 Å². The highest BCUT2D eigenvalue weighted by molar-refractivity contribution is 8.00.